The summed E-state index contributed by atoms with van der Waals surface area (Å²) in [6, 6.07) is 0. The van der Waals surface area contributed by atoms with E-state index in [1.165, 1.54) is 6.08 Å². The number of carbonyl (C=O) groups is 1. The largest absolute Gasteiger partial charge is 0.298 e. The van der Waals surface area contributed by atoms with Gasteiger partial charge in [0.05, 0.1) is 6.54 Å². The number of nitrogens with zero attached hydrogens (tertiary/aromatic N) is 1. The van der Waals surface area contributed by atoms with Gasteiger partial charge in [-0.1, -0.05) is 25.8 Å². The first-order valence-electron chi connectivity index (χ1n) is 6.66. The molecule has 0 spiro atoms. The van der Waals surface area contributed by atoms with Crippen molar-refractivity contribution >= 4 is 20.9 Å². The highest BCUT2D eigenvalue weighted by molar-refractivity contribution is 8.05. The maximum atomic E-state index is 11.9. The summed E-state index contributed by atoms with van der Waals surface area (Å²) < 4.78 is 26.1. The molecule has 5 nitrogen and oxygen atoms in total. The second kappa shape index (κ2) is 9.86. The van der Waals surface area contributed by atoms with Crippen LogP contribution in [0.4, 0.5) is 0 Å². The lowest BCUT2D eigenvalue weighted by atomic mass is 10.1. The second-order valence-corrected chi connectivity index (χ2v) is 5.85. The highest BCUT2D eigenvalue weighted by Gasteiger charge is 2.17. The number of carbonyl (C=O) groups excluding carboxylic acids is 1. The molecule has 0 rings (SSSR count). The van der Waals surface area contributed by atoms with E-state index in [0.717, 1.165) is 19.3 Å². The summed E-state index contributed by atoms with van der Waals surface area (Å²) >= 11 is 0. The number of sulfonamides is 1. The molecular formula is C13H24N2O3S. The van der Waals surface area contributed by atoms with Crippen molar-refractivity contribution in [3.05, 3.63) is 12.2 Å². The van der Waals surface area contributed by atoms with Crippen LogP contribution < -0.4 is 4.72 Å². The van der Waals surface area contributed by atoms with E-state index in [-0.39, 0.29) is 17.4 Å². The summed E-state index contributed by atoms with van der Waals surface area (Å²) in [5.41, 5.74) is 0. The minimum absolute atomic E-state index is 0.0288. The lowest BCUT2D eigenvalue weighted by molar-refractivity contribution is -0.118. The Morgan fingerprint density at radius 2 is 1.95 bits per heavy atom. The molecule has 0 aromatic carbocycles. The molecule has 0 aliphatic heterocycles. The summed E-state index contributed by atoms with van der Waals surface area (Å²) in [6.45, 7) is 5.75. The lowest BCUT2D eigenvalue weighted by Gasteiger charge is -2.06. The van der Waals surface area contributed by atoms with E-state index in [0.29, 0.717) is 13.0 Å². The quantitative estimate of drug-likeness (QED) is 0.401. The Morgan fingerprint density at radius 1 is 1.26 bits per heavy atom. The molecule has 19 heavy (non-hydrogen) atoms. The van der Waals surface area contributed by atoms with Crippen molar-refractivity contribution in [3.63, 3.8) is 0 Å². The second-order valence-electron chi connectivity index (χ2n) is 4.13. The first-order valence-corrected chi connectivity index (χ1v) is 8.14. The molecule has 0 fully saturated rings. The zero-order valence-electron chi connectivity index (χ0n) is 12.0. The molecule has 0 heterocycles. The Bertz CT molecular complexity index is 425. The van der Waals surface area contributed by atoms with Crippen LogP contribution in [-0.4, -0.2) is 32.3 Å². The third kappa shape index (κ3) is 7.89. The number of hydrogen-bond acceptors (Lipinski definition) is 4. The Kier molecular flexibility index (Phi) is 9.34. The summed E-state index contributed by atoms with van der Waals surface area (Å²) in [4.78, 5) is 15.4. The Balaban J connectivity index is 4.44. The molecule has 0 unspecified atom stereocenters. The van der Waals surface area contributed by atoms with Crippen molar-refractivity contribution in [2.24, 2.45) is 4.99 Å². The molecule has 0 atom stereocenters. The number of Topliss-reactive ketones (excluding diaryl/α,β-unsaturated/α-hetero) is 1. The van der Waals surface area contributed by atoms with Gasteiger partial charge in [-0.2, -0.15) is 0 Å². The summed E-state index contributed by atoms with van der Waals surface area (Å²) in [5, 5.41) is -0.0288. The van der Waals surface area contributed by atoms with Gasteiger partial charge in [0.1, 0.15) is 5.78 Å². The minimum Gasteiger partial charge on any atom is -0.298 e. The van der Waals surface area contributed by atoms with Crippen LogP contribution in [0.25, 0.3) is 0 Å². The van der Waals surface area contributed by atoms with E-state index in [4.69, 9.17) is 0 Å². The molecule has 110 valence electrons. The van der Waals surface area contributed by atoms with Crippen LogP contribution in [0.5, 0.6) is 0 Å². The summed E-state index contributed by atoms with van der Waals surface area (Å²) in [6.07, 6.45) is 6.28. The first-order chi connectivity index (χ1) is 8.97. The molecule has 0 aliphatic rings. The van der Waals surface area contributed by atoms with E-state index < -0.39 is 10.0 Å². The van der Waals surface area contributed by atoms with Gasteiger partial charge in [0, 0.05) is 13.0 Å². The standard InChI is InChI=1S/C13H24N2O3S/c1-4-7-8-10-12(16)11-15-19(17,18)13(9-5-2)14-6-3/h5,9,15H,4,6-8,10-11H2,1-3H3/b9-5-,14-13?. The van der Waals surface area contributed by atoms with Gasteiger partial charge < -0.3 is 0 Å². The third-order valence-electron chi connectivity index (χ3n) is 2.42. The predicted molar refractivity (Wildman–Crippen MR) is 78.9 cm³/mol. The van der Waals surface area contributed by atoms with Crippen LogP contribution in [0.1, 0.15) is 46.5 Å². The van der Waals surface area contributed by atoms with Crippen LogP contribution in [-0.2, 0) is 14.8 Å². The molecule has 6 heteroatoms. The predicted octanol–water partition coefficient (Wildman–Crippen LogP) is 2.05. The molecule has 0 aromatic heterocycles. The average molecular weight is 288 g/mol. The van der Waals surface area contributed by atoms with Gasteiger partial charge in [-0.15, -0.1) is 0 Å². The maximum absolute atomic E-state index is 11.9. The van der Waals surface area contributed by atoms with Crippen LogP contribution in [0.3, 0.4) is 0 Å². The zero-order chi connectivity index (χ0) is 14.7. The number of nitrogens with one attached hydrogen (secondary N) is 1. The van der Waals surface area contributed by atoms with E-state index in [1.54, 1.807) is 19.9 Å². The van der Waals surface area contributed by atoms with E-state index in [2.05, 4.69) is 16.6 Å². The highest BCUT2D eigenvalue weighted by atomic mass is 32.2. The number of aliphatic imine (C=N–C) groups is 1. The molecule has 0 aromatic rings. The minimum atomic E-state index is -3.68. The molecular weight excluding hydrogens is 264 g/mol. The molecule has 0 radical (unpaired) electrons. The van der Waals surface area contributed by atoms with Gasteiger partial charge in [0.25, 0.3) is 10.0 Å². The van der Waals surface area contributed by atoms with E-state index in [9.17, 15) is 13.2 Å². The SMILES string of the molecule is C/C=C\C(=NCC)S(=O)(=O)NCC(=O)CCCCC. The third-order valence-corrected chi connectivity index (χ3v) is 3.76. The van der Waals surface area contributed by atoms with Gasteiger partial charge in [0.2, 0.25) is 0 Å². The summed E-state index contributed by atoms with van der Waals surface area (Å²) in [5.74, 6) is -0.0895. The van der Waals surface area contributed by atoms with Crippen molar-refractivity contribution < 1.29 is 13.2 Å². The van der Waals surface area contributed by atoms with Crippen molar-refractivity contribution in [2.75, 3.05) is 13.1 Å². The van der Waals surface area contributed by atoms with Crippen LogP contribution >= 0.6 is 0 Å². The van der Waals surface area contributed by atoms with Gasteiger partial charge in [0.15, 0.2) is 5.04 Å². The Hall–Kier alpha value is -1.01. The van der Waals surface area contributed by atoms with Crippen LogP contribution in [0, 0.1) is 0 Å². The van der Waals surface area contributed by atoms with Gasteiger partial charge in [-0.25, -0.2) is 13.1 Å². The average Bonchev–Trinajstić information content (AvgIpc) is 2.36. The number of ketones is 1. The molecule has 0 saturated heterocycles. The fraction of sp³-hybridized carbons (Fsp3) is 0.692. The van der Waals surface area contributed by atoms with Crippen molar-refractivity contribution in [3.8, 4) is 0 Å². The molecule has 0 bridgehead atoms. The molecule has 0 saturated carbocycles. The molecule has 0 aliphatic carbocycles. The van der Waals surface area contributed by atoms with Gasteiger partial charge >= 0.3 is 0 Å². The molecule has 0 amide bonds. The zero-order valence-corrected chi connectivity index (χ0v) is 12.8. The monoisotopic (exact) mass is 288 g/mol. The smallest absolute Gasteiger partial charge is 0.257 e. The van der Waals surface area contributed by atoms with Crippen molar-refractivity contribution in [1.82, 2.24) is 4.72 Å². The number of rotatable bonds is 9. The van der Waals surface area contributed by atoms with Crippen molar-refractivity contribution in [1.29, 1.82) is 0 Å². The van der Waals surface area contributed by atoms with Gasteiger partial charge in [-0.3, -0.25) is 9.79 Å². The summed E-state index contributed by atoms with van der Waals surface area (Å²) in [7, 11) is -3.68. The number of allylic oxidation sites excluding steroid dienone is 1. The number of hydrogen-bond donors (Lipinski definition) is 1. The molecule has 1 N–H and O–H groups in total. The van der Waals surface area contributed by atoms with Crippen LogP contribution in [0.2, 0.25) is 0 Å². The normalized spacial score (nSPS) is 13.1. The highest BCUT2D eigenvalue weighted by Crippen LogP contribution is 2.00. The Morgan fingerprint density at radius 3 is 2.47 bits per heavy atom. The van der Waals surface area contributed by atoms with Crippen LogP contribution in [0.15, 0.2) is 17.1 Å². The topological polar surface area (TPSA) is 75.6 Å². The fourth-order valence-corrected chi connectivity index (χ4v) is 2.55. The van der Waals surface area contributed by atoms with Gasteiger partial charge in [-0.05, 0) is 26.3 Å². The maximum Gasteiger partial charge on any atom is 0.257 e. The fourth-order valence-electron chi connectivity index (χ4n) is 1.44. The van der Waals surface area contributed by atoms with Crippen molar-refractivity contribution in [2.45, 2.75) is 46.5 Å². The number of unbranched alkanes of at least 4 members (excludes halogenated alkanes) is 2. The first kappa shape index (κ1) is 18.0. The van der Waals surface area contributed by atoms with E-state index in [1.807, 2.05) is 0 Å². The van der Waals surface area contributed by atoms with E-state index >= 15 is 0 Å². The Labute approximate surface area is 116 Å². The lowest BCUT2D eigenvalue weighted by Crippen LogP contribution is -2.34.